The molecule has 0 aliphatic heterocycles. The van der Waals surface area contributed by atoms with Gasteiger partial charge in [0.25, 0.3) is 10.0 Å². The molecule has 1 aromatic rings. The molecule has 141 valence electrons. The summed E-state index contributed by atoms with van der Waals surface area (Å²) >= 11 is 0. The predicted octanol–water partition coefficient (Wildman–Crippen LogP) is 4.33. The first kappa shape index (κ1) is 21.5. The van der Waals surface area contributed by atoms with Crippen LogP contribution in [0, 0.1) is 0 Å². The first-order valence-electron chi connectivity index (χ1n) is 9.22. The Bertz CT molecular complexity index is 570. The van der Waals surface area contributed by atoms with Gasteiger partial charge >= 0.3 is 6.41 Å². The Hall–Kier alpha value is -1.56. The third-order valence-electron chi connectivity index (χ3n) is 4.08. The van der Waals surface area contributed by atoms with Crippen molar-refractivity contribution in [3.05, 3.63) is 24.3 Å². The van der Waals surface area contributed by atoms with E-state index in [2.05, 4.69) is 6.92 Å². The Morgan fingerprint density at radius 1 is 0.880 bits per heavy atom. The van der Waals surface area contributed by atoms with Crippen molar-refractivity contribution < 1.29 is 17.9 Å². The highest BCUT2D eigenvalue weighted by Gasteiger charge is 2.12. The van der Waals surface area contributed by atoms with Crippen molar-refractivity contribution in [2.24, 2.45) is 0 Å². The molecule has 0 bridgehead atoms. The summed E-state index contributed by atoms with van der Waals surface area (Å²) in [5.74, 6) is 0.630. The fourth-order valence-electron chi connectivity index (χ4n) is 2.61. The molecule has 0 saturated heterocycles. The number of amides is 1. The van der Waals surface area contributed by atoms with Gasteiger partial charge in [-0.2, -0.15) is 0 Å². The summed E-state index contributed by atoms with van der Waals surface area (Å²) in [6.45, 7) is 2.87. The summed E-state index contributed by atoms with van der Waals surface area (Å²) < 4.78 is 30.5. The lowest BCUT2D eigenvalue weighted by Crippen LogP contribution is -2.21. The lowest BCUT2D eigenvalue weighted by atomic mass is 10.1. The predicted molar refractivity (Wildman–Crippen MR) is 99.8 cm³/mol. The van der Waals surface area contributed by atoms with Crippen molar-refractivity contribution in [3.8, 4) is 5.75 Å². The van der Waals surface area contributed by atoms with Gasteiger partial charge in [-0.1, -0.05) is 64.7 Å². The molecule has 0 atom stereocenters. The van der Waals surface area contributed by atoms with Gasteiger partial charge in [-0.3, -0.25) is 4.79 Å². The van der Waals surface area contributed by atoms with E-state index >= 15 is 0 Å². The smallest absolute Gasteiger partial charge is 0.324 e. The van der Waals surface area contributed by atoms with Crippen molar-refractivity contribution in [1.82, 2.24) is 4.72 Å². The zero-order valence-electron chi connectivity index (χ0n) is 15.1. The molecule has 0 unspecified atom stereocenters. The molecule has 1 amide bonds. The Kier molecular flexibility index (Phi) is 11.0. The van der Waals surface area contributed by atoms with Crippen LogP contribution < -0.4 is 9.46 Å². The van der Waals surface area contributed by atoms with E-state index in [0.29, 0.717) is 12.4 Å². The van der Waals surface area contributed by atoms with Gasteiger partial charge in [-0.25, -0.2) is 13.1 Å². The number of unbranched alkanes of at least 4 members (excludes halogenated alkanes) is 9. The number of carbonyl (C=O) groups excluding carboxylic acids is 1. The minimum atomic E-state index is -3.80. The lowest BCUT2D eigenvalue weighted by Gasteiger charge is -2.07. The summed E-state index contributed by atoms with van der Waals surface area (Å²) in [6.07, 6.45) is 13.9. The largest absolute Gasteiger partial charge is 0.494 e. The quantitative estimate of drug-likeness (QED) is 0.369. The zero-order valence-corrected chi connectivity index (χ0v) is 15.9. The summed E-state index contributed by atoms with van der Waals surface area (Å²) in [5.41, 5.74) is 0. The standard InChI is InChI=1S/C19H30NO4S/c1-2-3-4-5-6-7-8-9-10-11-16-24-18-12-14-19(15-13-18)25(22,23)20-17-21/h12-15H,2-11,16H2,1H3,(H,20,21). The van der Waals surface area contributed by atoms with E-state index in [1.54, 1.807) is 16.9 Å². The molecule has 0 spiro atoms. The second-order valence-electron chi connectivity index (χ2n) is 6.21. The highest BCUT2D eigenvalue weighted by Crippen LogP contribution is 2.16. The van der Waals surface area contributed by atoms with E-state index in [1.807, 2.05) is 0 Å². The number of rotatable bonds is 15. The van der Waals surface area contributed by atoms with Gasteiger partial charge < -0.3 is 4.74 Å². The second kappa shape index (κ2) is 12.8. The van der Waals surface area contributed by atoms with E-state index in [0.717, 1.165) is 12.8 Å². The van der Waals surface area contributed by atoms with Crippen molar-refractivity contribution in [1.29, 1.82) is 0 Å². The average molecular weight is 369 g/mol. The van der Waals surface area contributed by atoms with E-state index in [-0.39, 0.29) is 4.90 Å². The van der Waals surface area contributed by atoms with Crippen molar-refractivity contribution >= 4 is 16.4 Å². The SMILES string of the molecule is CCCCCCCCCCCCOc1ccc(S(=O)(=O)N[C]=O)cc1. The highest BCUT2D eigenvalue weighted by molar-refractivity contribution is 7.90. The summed E-state index contributed by atoms with van der Waals surface area (Å²) in [7, 11) is -3.80. The Morgan fingerprint density at radius 2 is 1.40 bits per heavy atom. The fourth-order valence-corrected chi connectivity index (χ4v) is 3.33. The Balaban J connectivity index is 2.10. The molecule has 25 heavy (non-hydrogen) atoms. The fraction of sp³-hybridized carbons (Fsp3) is 0.632. The van der Waals surface area contributed by atoms with Crippen LogP contribution in [0.3, 0.4) is 0 Å². The molecule has 1 radical (unpaired) electrons. The molecule has 6 heteroatoms. The average Bonchev–Trinajstić information content (AvgIpc) is 2.60. The monoisotopic (exact) mass is 368 g/mol. The van der Waals surface area contributed by atoms with Crippen LogP contribution >= 0.6 is 0 Å². The van der Waals surface area contributed by atoms with E-state index in [1.165, 1.54) is 69.9 Å². The number of ether oxygens (including phenoxy) is 1. The first-order chi connectivity index (χ1) is 12.1. The van der Waals surface area contributed by atoms with Crippen molar-refractivity contribution in [2.45, 2.75) is 76.0 Å². The van der Waals surface area contributed by atoms with Gasteiger partial charge in [0.1, 0.15) is 5.75 Å². The van der Waals surface area contributed by atoms with E-state index in [4.69, 9.17) is 4.74 Å². The lowest BCUT2D eigenvalue weighted by molar-refractivity contribution is 0.304. The van der Waals surface area contributed by atoms with Crippen molar-refractivity contribution in [2.75, 3.05) is 6.61 Å². The second-order valence-corrected chi connectivity index (χ2v) is 7.89. The maximum Gasteiger partial charge on any atom is 0.324 e. The topological polar surface area (TPSA) is 72.5 Å². The summed E-state index contributed by atoms with van der Waals surface area (Å²) in [5, 5.41) is 0. The molecule has 0 saturated carbocycles. The maximum absolute atomic E-state index is 11.6. The molecule has 0 heterocycles. The number of sulfonamides is 1. The molecule has 1 rings (SSSR count). The molecule has 0 aromatic heterocycles. The van der Waals surface area contributed by atoms with E-state index in [9.17, 15) is 13.2 Å². The number of hydrogen-bond acceptors (Lipinski definition) is 4. The maximum atomic E-state index is 11.6. The number of nitrogens with one attached hydrogen (secondary N) is 1. The van der Waals surface area contributed by atoms with Crippen LogP contribution in [-0.2, 0) is 14.8 Å². The van der Waals surface area contributed by atoms with Gasteiger partial charge in [0.15, 0.2) is 0 Å². The van der Waals surface area contributed by atoms with E-state index < -0.39 is 10.0 Å². The van der Waals surface area contributed by atoms with Crippen molar-refractivity contribution in [3.63, 3.8) is 0 Å². The molecule has 1 N–H and O–H groups in total. The van der Waals surface area contributed by atoms with Crippen LogP contribution in [-0.4, -0.2) is 21.4 Å². The zero-order chi connectivity index (χ0) is 18.4. The molecule has 5 nitrogen and oxygen atoms in total. The highest BCUT2D eigenvalue weighted by atomic mass is 32.2. The first-order valence-corrected chi connectivity index (χ1v) is 10.7. The minimum Gasteiger partial charge on any atom is -0.494 e. The van der Waals surface area contributed by atoms with Gasteiger partial charge in [0.05, 0.1) is 11.5 Å². The Morgan fingerprint density at radius 3 is 1.92 bits per heavy atom. The van der Waals surface area contributed by atoms with Crippen LogP contribution in [0.5, 0.6) is 5.75 Å². The molecule has 1 aromatic carbocycles. The van der Waals surface area contributed by atoms with Crippen LogP contribution in [0.2, 0.25) is 0 Å². The summed E-state index contributed by atoms with van der Waals surface area (Å²) in [6, 6.07) is 6.01. The molecular weight excluding hydrogens is 338 g/mol. The van der Waals surface area contributed by atoms with Crippen LogP contribution in [0.1, 0.15) is 71.1 Å². The van der Waals surface area contributed by atoms with Gasteiger partial charge in [0.2, 0.25) is 0 Å². The number of benzene rings is 1. The normalized spacial score (nSPS) is 11.2. The molecule has 0 fully saturated rings. The molecule has 0 aliphatic carbocycles. The molecular formula is C19H30NO4S. The van der Waals surface area contributed by atoms with Gasteiger partial charge in [0, 0.05) is 0 Å². The van der Waals surface area contributed by atoms with Crippen LogP contribution in [0.25, 0.3) is 0 Å². The Labute approximate surface area is 152 Å². The third kappa shape index (κ3) is 9.48. The van der Waals surface area contributed by atoms with Crippen LogP contribution in [0.4, 0.5) is 0 Å². The molecule has 0 aliphatic rings. The number of hydrogen-bond donors (Lipinski definition) is 1. The van der Waals surface area contributed by atoms with Crippen LogP contribution in [0.15, 0.2) is 29.2 Å². The summed E-state index contributed by atoms with van der Waals surface area (Å²) in [4.78, 5) is 10.2. The third-order valence-corrected chi connectivity index (χ3v) is 5.32. The van der Waals surface area contributed by atoms with Gasteiger partial charge in [-0.05, 0) is 30.7 Å². The van der Waals surface area contributed by atoms with Gasteiger partial charge in [-0.15, -0.1) is 0 Å². The minimum absolute atomic E-state index is 0.0159.